The highest BCUT2D eigenvalue weighted by Crippen LogP contribution is 2.08. The van der Waals surface area contributed by atoms with Gasteiger partial charge in [0.15, 0.2) is 0 Å². The summed E-state index contributed by atoms with van der Waals surface area (Å²) in [6.45, 7) is 5.66. The number of nitrogens with zero attached hydrogens (tertiary/aromatic N) is 1. The minimum atomic E-state index is 0.887. The lowest BCUT2D eigenvalue weighted by atomic mass is 10.1. The van der Waals surface area contributed by atoms with Crippen LogP contribution in [0.5, 0.6) is 0 Å². The molecule has 0 unspecified atom stereocenters. The summed E-state index contributed by atoms with van der Waals surface area (Å²) in [5.41, 5.74) is 2.35. The Labute approximate surface area is 79.8 Å². The maximum Gasteiger partial charge on any atom is 0.0400 e. The molecule has 0 radical (unpaired) electrons. The van der Waals surface area contributed by atoms with E-state index in [9.17, 15) is 0 Å². The lowest BCUT2D eigenvalue weighted by Gasteiger charge is -2.00. The Balaban J connectivity index is 2.68. The van der Waals surface area contributed by atoms with Crippen LogP contribution in [0.4, 0.5) is 0 Å². The molecule has 0 aliphatic heterocycles. The fraction of sp³-hybridized carbons (Fsp3) is 0.250. The van der Waals surface area contributed by atoms with Crippen molar-refractivity contribution in [3.8, 4) is 0 Å². The third-order valence-electron chi connectivity index (χ3n) is 1.87. The third-order valence-corrected chi connectivity index (χ3v) is 1.87. The van der Waals surface area contributed by atoms with Crippen LogP contribution in [0, 0.1) is 0 Å². The quantitative estimate of drug-likeness (QED) is 0.620. The highest BCUT2D eigenvalue weighted by Gasteiger charge is 1.94. The summed E-state index contributed by atoms with van der Waals surface area (Å²) in [5.74, 6) is 0. The Morgan fingerprint density at radius 2 is 2.08 bits per heavy atom. The van der Waals surface area contributed by atoms with Crippen molar-refractivity contribution in [3.05, 3.63) is 47.7 Å². The van der Waals surface area contributed by atoms with E-state index in [1.807, 2.05) is 18.2 Å². The summed E-state index contributed by atoms with van der Waals surface area (Å²) in [7, 11) is 0. The van der Waals surface area contributed by atoms with E-state index in [2.05, 4.69) is 36.8 Å². The zero-order valence-corrected chi connectivity index (χ0v) is 8.03. The maximum atomic E-state index is 3.98. The summed E-state index contributed by atoms with van der Waals surface area (Å²) in [5, 5.41) is 0. The maximum absolute atomic E-state index is 3.98. The number of benzene rings is 1. The molecule has 0 aliphatic carbocycles. The van der Waals surface area contributed by atoms with Crippen molar-refractivity contribution in [2.45, 2.75) is 19.8 Å². The van der Waals surface area contributed by atoms with Gasteiger partial charge in [0.2, 0.25) is 0 Å². The Morgan fingerprint density at radius 1 is 1.38 bits per heavy atom. The fourth-order valence-electron chi connectivity index (χ4n) is 1.23. The van der Waals surface area contributed by atoms with E-state index in [0.717, 1.165) is 18.5 Å². The molecule has 0 saturated carbocycles. The number of hydrogen-bond acceptors (Lipinski definition) is 1. The minimum Gasteiger partial charge on any atom is -0.269 e. The van der Waals surface area contributed by atoms with Gasteiger partial charge in [0.05, 0.1) is 0 Å². The number of aliphatic imine (C=N–C) groups is 1. The monoisotopic (exact) mass is 173 g/mol. The molecule has 0 aliphatic rings. The van der Waals surface area contributed by atoms with Crippen LogP contribution in [0.25, 0.3) is 0 Å². The van der Waals surface area contributed by atoms with Crippen molar-refractivity contribution >= 4 is 6.72 Å². The molecule has 0 spiro atoms. The van der Waals surface area contributed by atoms with Gasteiger partial charge in [-0.2, -0.15) is 0 Å². The average molecular weight is 173 g/mol. The smallest absolute Gasteiger partial charge is 0.0400 e. The number of rotatable bonds is 4. The summed E-state index contributed by atoms with van der Waals surface area (Å²) in [6, 6.07) is 10.3. The molecule has 1 heteroatoms. The molecule has 1 rings (SSSR count). The van der Waals surface area contributed by atoms with Crippen LogP contribution in [-0.4, -0.2) is 6.72 Å². The van der Waals surface area contributed by atoms with Crippen LogP contribution in [0.1, 0.15) is 18.9 Å². The molecule has 0 bridgehead atoms. The molecule has 1 nitrogen and oxygen atoms in total. The van der Waals surface area contributed by atoms with E-state index in [1.54, 1.807) is 0 Å². The molecule has 68 valence electrons. The van der Waals surface area contributed by atoms with Crippen molar-refractivity contribution < 1.29 is 0 Å². The van der Waals surface area contributed by atoms with Crippen molar-refractivity contribution in [2.75, 3.05) is 0 Å². The topological polar surface area (TPSA) is 12.4 Å². The van der Waals surface area contributed by atoms with Crippen LogP contribution in [0.2, 0.25) is 0 Å². The minimum absolute atomic E-state index is 0.887. The van der Waals surface area contributed by atoms with Gasteiger partial charge in [0.1, 0.15) is 0 Å². The zero-order chi connectivity index (χ0) is 9.52. The Morgan fingerprint density at radius 3 is 2.62 bits per heavy atom. The van der Waals surface area contributed by atoms with Gasteiger partial charge in [-0.25, -0.2) is 0 Å². The molecular formula is C12H15N. The molecule has 0 saturated heterocycles. The van der Waals surface area contributed by atoms with E-state index in [-0.39, 0.29) is 0 Å². The third kappa shape index (κ3) is 3.24. The first-order chi connectivity index (χ1) is 6.36. The van der Waals surface area contributed by atoms with Gasteiger partial charge in [0, 0.05) is 12.1 Å². The van der Waals surface area contributed by atoms with Crippen molar-refractivity contribution in [1.29, 1.82) is 0 Å². The van der Waals surface area contributed by atoms with Crippen LogP contribution in [0.15, 0.2) is 47.1 Å². The highest BCUT2D eigenvalue weighted by molar-refractivity contribution is 5.31. The van der Waals surface area contributed by atoms with E-state index in [1.165, 1.54) is 5.56 Å². The second kappa shape index (κ2) is 5.31. The molecule has 1 aromatic rings. The lowest BCUT2D eigenvalue weighted by molar-refractivity contribution is 1.07. The first-order valence-electron chi connectivity index (χ1n) is 4.56. The second-order valence-corrected chi connectivity index (χ2v) is 2.92. The van der Waals surface area contributed by atoms with Crippen LogP contribution in [0.3, 0.4) is 0 Å². The molecule has 0 aromatic heterocycles. The predicted octanol–water partition coefficient (Wildman–Crippen LogP) is 3.22. The first-order valence-corrected chi connectivity index (χ1v) is 4.56. The SMILES string of the molecule is C=N/C(=C\CC)Cc1ccccc1. The molecule has 13 heavy (non-hydrogen) atoms. The van der Waals surface area contributed by atoms with E-state index in [4.69, 9.17) is 0 Å². The first kappa shape index (κ1) is 9.72. The molecule has 0 heterocycles. The van der Waals surface area contributed by atoms with Crippen LogP contribution in [-0.2, 0) is 6.42 Å². The largest absolute Gasteiger partial charge is 0.269 e. The Hall–Kier alpha value is -1.37. The molecule has 0 atom stereocenters. The van der Waals surface area contributed by atoms with Crippen molar-refractivity contribution in [3.63, 3.8) is 0 Å². The molecule has 0 amide bonds. The number of hydrogen-bond donors (Lipinski definition) is 0. The van der Waals surface area contributed by atoms with Gasteiger partial charge in [-0.1, -0.05) is 43.3 Å². The predicted molar refractivity (Wildman–Crippen MR) is 58.1 cm³/mol. The normalized spacial score (nSPS) is 11.3. The molecule has 1 aromatic carbocycles. The van der Waals surface area contributed by atoms with Gasteiger partial charge in [-0.05, 0) is 18.7 Å². The molecule has 0 N–H and O–H groups in total. The fourth-order valence-corrected chi connectivity index (χ4v) is 1.23. The van der Waals surface area contributed by atoms with Gasteiger partial charge in [-0.15, -0.1) is 0 Å². The van der Waals surface area contributed by atoms with Gasteiger partial charge >= 0.3 is 0 Å². The van der Waals surface area contributed by atoms with E-state index < -0.39 is 0 Å². The number of allylic oxidation sites excluding steroid dienone is 2. The summed E-state index contributed by atoms with van der Waals surface area (Å²) in [4.78, 5) is 3.98. The van der Waals surface area contributed by atoms with E-state index >= 15 is 0 Å². The van der Waals surface area contributed by atoms with E-state index in [0.29, 0.717) is 0 Å². The van der Waals surface area contributed by atoms with Crippen molar-refractivity contribution in [1.82, 2.24) is 0 Å². The van der Waals surface area contributed by atoms with Gasteiger partial charge in [0.25, 0.3) is 0 Å². The van der Waals surface area contributed by atoms with Gasteiger partial charge in [-0.3, -0.25) is 4.99 Å². The van der Waals surface area contributed by atoms with Crippen molar-refractivity contribution in [2.24, 2.45) is 4.99 Å². The highest BCUT2D eigenvalue weighted by atomic mass is 14.7. The zero-order valence-electron chi connectivity index (χ0n) is 8.03. The van der Waals surface area contributed by atoms with Gasteiger partial charge < -0.3 is 0 Å². The standard InChI is InChI=1S/C12H15N/c1-3-7-12(13-2)10-11-8-5-4-6-9-11/h4-9H,2-3,10H2,1H3/b12-7-. The Bertz CT molecular complexity index is 285. The van der Waals surface area contributed by atoms with Crippen LogP contribution >= 0.6 is 0 Å². The average Bonchev–Trinajstić information content (AvgIpc) is 2.19. The lowest BCUT2D eigenvalue weighted by Crippen LogP contribution is -1.86. The van der Waals surface area contributed by atoms with Crippen LogP contribution < -0.4 is 0 Å². The Kier molecular flexibility index (Phi) is 3.97. The summed E-state index contributed by atoms with van der Waals surface area (Å²) in [6.07, 6.45) is 4.01. The summed E-state index contributed by atoms with van der Waals surface area (Å²) >= 11 is 0. The molecule has 0 fully saturated rings. The summed E-state index contributed by atoms with van der Waals surface area (Å²) < 4.78 is 0. The molecular weight excluding hydrogens is 158 g/mol. The second-order valence-electron chi connectivity index (χ2n) is 2.92.